The molecule has 0 unspecified atom stereocenters. The lowest BCUT2D eigenvalue weighted by atomic mass is 10.1. The van der Waals surface area contributed by atoms with Gasteiger partial charge in [0, 0.05) is 17.2 Å². The first-order chi connectivity index (χ1) is 13.9. The molecule has 0 saturated heterocycles. The second kappa shape index (κ2) is 7.56. The van der Waals surface area contributed by atoms with Crippen molar-refractivity contribution >= 4 is 22.2 Å². The summed E-state index contributed by atoms with van der Waals surface area (Å²) in [6.45, 7) is 3.67. The van der Waals surface area contributed by atoms with E-state index in [1.54, 1.807) is 19.1 Å². The van der Waals surface area contributed by atoms with Crippen LogP contribution in [-0.4, -0.2) is 20.5 Å². The van der Waals surface area contributed by atoms with Crippen LogP contribution in [0.25, 0.3) is 15.5 Å². The Morgan fingerprint density at radius 3 is 2.76 bits per heavy atom. The molecule has 0 saturated carbocycles. The van der Waals surface area contributed by atoms with Gasteiger partial charge in [-0.3, -0.25) is 9.59 Å². The second-order valence-electron chi connectivity index (χ2n) is 6.70. The van der Waals surface area contributed by atoms with Crippen molar-refractivity contribution in [3.05, 3.63) is 87.1 Å². The van der Waals surface area contributed by atoms with Crippen molar-refractivity contribution in [2.45, 2.75) is 20.4 Å². The highest BCUT2D eigenvalue weighted by Crippen LogP contribution is 2.24. The smallest absolute Gasteiger partial charge is 0.275 e. The SMILES string of the molecule is Cc1cccc(-c2nn3c(=O)cc(CNC(=O)c4ccc(C)c(F)c4)nc3s2)c1. The number of hydrogen-bond donors (Lipinski definition) is 1. The van der Waals surface area contributed by atoms with Crippen molar-refractivity contribution in [3.63, 3.8) is 0 Å². The predicted octanol–water partition coefficient (Wildman–Crippen LogP) is 3.50. The van der Waals surface area contributed by atoms with Gasteiger partial charge in [0.2, 0.25) is 4.96 Å². The van der Waals surface area contributed by atoms with E-state index >= 15 is 0 Å². The van der Waals surface area contributed by atoms with Gasteiger partial charge in [-0.2, -0.15) is 9.61 Å². The van der Waals surface area contributed by atoms with Gasteiger partial charge in [0.15, 0.2) is 0 Å². The minimum absolute atomic E-state index is 0.0533. The second-order valence-corrected chi connectivity index (χ2v) is 7.66. The zero-order valence-corrected chi connectivity index (χ0v) is 16.6. The van der Waals surface area contributed by atoms with Gasteiger partial charge in [-0.05, 0) is 37.6 Å². The van der Waals surface area contributed by atoms with Gasteiger partial charge >= 0.3 is 0 Å². The molecule has 8 heteroatoms. The fourth-order valence-electron chi connectivity index (χ4n) is 2.85. The number of fused-ring (bicyclic) bond motifs is 1. The number of benzene rings is 2. The Balaban J connectivity index is 1.57. The number of aromatic nitrogens is 3. The summed E-state index contributed by atoms with van der Waals surface area (Å²) in [5, 5.41) is 7.71. The van der Waals surface area contributed by atoms with Crippen molar-refractivity contribution in [3.8, 4) is 10.6 Å². The van der Waals surface area contributed by atoms with E-state index in [4.69, 9.17) is 0 Å². The van der Waals surface area contributed by atoms with E-state index in [0.717, 1.165) is 11.1 Å². The lowest BCUT2D eigenvalue weighted by molar-refractivity contribution is 0.0950. The number of aryl methyl sites for hydroxylation is 2. The van der Waals surface area contributed by atoms with Crippen molar-refractivity contribution in [1.29, 1.82) is 0 Å². The quantitative estimate of drug-likeness (QED) is 0.561. The van der Waals surface area contributed by atoms with Gasteiger partial charge < -0.3 is 5.32 Å². The Hall–Kier alpha value is -3.39. The van der Waals surface area contributed by atoms with Gasteiger partial charge in [0.25, 0.3) is 11.5 Å². The summed E-state index contributed by atoms with van der Waals surface area (Å²) in [5.41, 5.74) is 2.78. The van der Waals surface area contributed by atoms with E-state index < -0.39 is 11.7 Å². The van der Waals surface area contributed by atoms with Crippen LogP contribution < -0.4 is 10.9 Å². The Morgan fingerprint density at radius 1 is 1.17 bits per heavy atom. The standard InChI is InChI=1S/C21H17FN4O2S/c1-12-4-3-5-15(8-12)20-25-26-18(27)10-16(24-21(26)29-20)11-23-19(28)14-7-6-13(2)17(22)9-14/h3-10H,11H2,1-2H3,(H,23,28). The van der Waals surface area contributed by atoms with Crippen molar-refractivity contribution < 1.29 is 9.18 Å². The molecule has 0 fully saturated rings. The van der Waals surface area contributed by atoms with E-state index in [9.17, 15) is 14.0 Å². The molecule has 2 aromatic heterocycles. The molecule has 1 amide bonds. The molecule has 0 aliphatic carbocycles. The number of nitrogens with one attached hydrogen (secondary N) is 1. The lowest BCUT2D eigenvalue weighted by Gasteiger charge is -2.06. The summed E-state index contributed by atoms with van der Waals surface area (Å²) in [7, 11) is 0. The highest BCUT2D eigenvalue weighted by atomic mass is 32.1. The van der Waals surface area contributed by atoms with Crippen molar-refractivity contribution in [2.24, 2.45) is 0 Å². The highest BCUT2D eigenvalue weighted by molar-refractivity contribution is 7.19. The maximum absolute atomic E-state index is 13.7. The predicted molar refractivity (Wildman–Crippen MR) is 110 cm³/mol. The van der Waals surface area contributed by atoms with E-state index in [1.165, 1.54) is 28.0 Å². The van der Waals surface area contributed by atoms with E-state index in [2.05, 4.69) is 15.4 Å². The number of nitrogens with zero attached hydrogens (tertiary/aromatic N) is 3. The molecule has 0 aliphatic rings. The normalized spacial score (nSPS) is 11.0. The summed E-state index contributed by atoms with van der Waals surface area (Å²) in [5.74, 6) is -0.876. The molecule has 4 rings (SSSR count). The number of hydrogen-bond acceptors (Lipinski definition) is 5. The monoisotopic (exact) mass is 408 g/mol. The van der Waals surface area contributed by atoms with Gasteiger partial charge in [-0.1, -0.05) is 41.2 Å². The Kier molecular flexibility index (Phi) is 4.94. The average molecular weight is 408 g/mol. The highest BCUT2D eigenvalue weighted by Gasteiger charge is 2.12. The molecule has 146 valence electrons. The van der Waals surface area contributed by atoms with Crippen LogP contribution in [0, 0.1) is 19.7 Å². The average Bonchev–Trinajstić information content (AvgIpc) is 3.13. The van der Waals surface area contributed by atoms with Crippen LogP contribution in [-0.2, 0) is 6.54 Å². The maximum Gasteiger partial charge on any atom is 0.275 e. The third-order valence-electron chi connectivity index (χ3n) is 4.43. The molecule has 2 aromatic carbocycles. The molecule has 0 aliphatic heterocycles. The van der Waals surface area contributed by atoms with Crippen LogP contribution in [0.5, 0.6) is 0 Å². The van der Waals surface area contributed by atoms with Crippen molar-refractivity contribution in [1.82, 2.24) is 19.9 Å². The van der Waals surface area contributed by atoms with Crippen LogP contribution >= 0.6 is 11.3 Å². The third kappa shape index (κ3) is 3.93. The van der Waals surface area contributed by atoms with Crippen LogP contribution in [0.3, 0.4) is 0 Å². The fraction of sp³-hybridized carbons (Fsp3) is 0.143. The van der Waals surface area contributed by atoms with Gasteiger partial charge in [-0.25, -0.2) is 9.37 Å². The first-order valence-electron chi connectivity index (χ1n) is 8.92. The first kappa shape index (κ1) is 18.9. The number of carbonyl (C=O) groups excluding carboxylic acids is 1. The van der Waals surface area contributed by atoms with Gasteiger partial charge in [-0.15, -0.1) is 0 Å². The molecule has 0 bridgehead atoms. The Bertz CT molecular complexity index is 1300. The summed E-state index contributed by atoms with van der Waals surface area (Å²) in [4.78, 5) is 29.5. The zero-order chi connectivity index (χ0) is 20.5. The van der Waals surface area contributed by atoms with Gasteiger partial charge in [0.05, 0.1) is 12.2 Å². The van der Waals surface area contributed by atoms with E-state index in [1.807, 2.05) is 31.2 Å². The van der Waals surface area contributed by atoms with Crippen LogP contribution in [0.1, 0.15) is 27.2 Å². The van der Waals surface area contributed by atoms with Crippen molar-refractivity contribution in [2.75, 3.05) is 0 Å². The summed E-state index contributed by atoms with van der Waals surface area (Å²) in [6.07, 6.45) is 0. The zero-order valence-electron chi connectivity index (χ0n) is 15.8. The molecular formula is C21H17FN4O2S. The molecule has 2 heterocycles. The number of halogens is 1. The van der Waals surface area contributed by atoms with Crippen LogP contribution in [0.15, 0.2) is 53.3 Å². The molecule has 4 aromatic rings. The van der Waals surface area contributed by atoms with Crippen LogP contribution in [0.2, 0.25) is 0 Å². The Morgan fingerprint density at radius 2 is 2.00 bits per heavy atom. The fourth-order valence-corrected chi connectivity index (χ4v) is 3.77. The topological polar surface area (TPSA) is 76.4 Å². The number of carbonyl (C=O) groups is 1. The van der Waals surface area contributed by atoms with Gasteiger partial charge in [0.1, 0.15) is 10.8 Å². The molecule has 29 heavy (non-hydrogen) atoms. The summed E-state index contributed by atoms with van der Waals surface area (Å²) < 4.78 is 14.9. The van der Waals surface area contributed by atoms with E-state index in [-0.39, 0.29) is 17.7 Å². The molecule has 1 N–H and O–H groups in total. The van der Waals surface area contributed by atoms with Crippen LogP contribution in [0.4, 0.5) is 4.39 Å². The first-order valence-corrected chi connectivity index (χ1v) is 9.73. The largest absolute Gasteiger partial charge is 0.346 e. The Labute approximate surface area is 169 Å². The lowest BCUT2D eigenvalue weighted by Crippen LogP contribution is -2.25. The van der Waals surface area contributed by atoms with E-state index in [0.29, 0.717) is 21.2 Å². The molecular weight excluding hydrogens is 391 g/mol. The number of amides is 1. The minimum atomic E-state index is -0.441. The number of rotatable bonds is 4. The summed E-state index contributed by atoms with van der Waals surface area (Å²) in [6, 6.07) is 13.5. The maximum atomic E-state index is 13.7. The molecule has 0 atom stereocenters. The molecule has 6 nitrogen and oxygen atoms in total. The molecule has 0 spiro atoms. The third-order valence-corrected chi connectivity index (χ3v) is 5.38. The molecule has 0 radical (unpaired) electrons. The summed E-state index contributed by atoms with van der Waals surface area (Å²) >= 11 is 1.30. The minimum Gasteiger partial charge on any atom is -0.346 e.